The molecule has 1 heterocycles. The van der Waals surface area contributed by atoms with Gasteiger partial charge in [-0.05, 0) is 98.8 Å². The summed E-state index contributed by atoms with van der Waals surface area (Å²) in [6.07, 6.45) is 5.89. The Balaban J connectivity index is 1.28. The van der Waals surface area contributed by atoms with Gasteiger partial charge < -0.3 is 5.11 Å². The van der Waals surface area contributed by atoms with Gasteiger partial charge in [-0.15, -0.1) is 0 Å². The first-order chi connectivity index (χ1) is 22.6. The Labute approximate surface area is 276 Å². The number of nitrogens with zero attached hydrogens (tertiary/aromatic N) is 1. The van der Waals surface area contributed by atoms with Crippen LogP contribution in [0.25, 0.3) is 33.0 Å². The van der Waals surface area contributed by atoms with E-state index in [1.807, 2.05) is 36.4 Å². The van der Waals surface area contributed by atoms with E-state index in [1.165, 1.54) is 55.7 Å². The van der Waals surface area contributed by atoms with Crippen molar-refractivity contribution in [1.29, 1.82) is 5.41 Å². The summed E-state index contributed by atoms with van der Waals surface area (Å²) in [4.78, 5) is 5.92. The van der Waals surface area contributed by atoms with E-state index in [0.717, 1.165) is 41.4 Å². The van der Waals surface area contributed by atoms with Crippen LogP contribution in [0.15, 0.2) is 131 Å². The van der Waals surface area contributed by atoms with E-state index in [0.29, 0.717) is 24.9 Å². The molecule has 0 saturated heterocycles. The van der Waals surface area contributed by atoms with E-state index in [-0.39, 0.29) is 5.75 Å². The number of aryl methyl sites for hydroxylation is 1. The van der Waals surface area contributed by atoms with Crippen LogP contribution < -0.4 is 5.30 Å². The third-order valence-corrected chi connectivity index (χ3v) is 11.0. The first kappa shape index (κ1) is 30.2. The van der Waals surface area contributed by atoms with E-state index in [9.17, 15) is 10.5 Å². The molecule has 1 aliphatic heterocycles. The van der Waals surface area contributed by atoms with Gasteiger partial charge in [-0.25, -0.2) is 0 Å². The van der Waals surface area contributed by atoms with Crippen LogP contribution in [-0.4, -0.2) is 16.4 Å². The first-order valence-corrected chi connectivity index (χ1v) is 17.8. The monoisotopic (exact) mass is 634 g/mol. The molecule has 0 aliphatic carbocycles. The van der Waals surface area contributed by atoms with Gasteiger partial charge in [0.15, 0.2) is 0 Å². The average molecular weight is 635 g/mol. The van der Waals surface area contributed by atoms with Gasteiger partial charge in [0.25, 0.3) is 0 Å². The zero-order chi connectivity index (χ0) is 31.5. The minimum Gasteiger partial charge on any atom is -0.507 e. The van der Waals surface area contributed by atoms with Crippen molar-refractivity contribution in [3.05, 3.63) is 144 Å². The number of rotatable bonds is 8. The number of aliphatic imine (C=N–C) groups is 1. The lowest BCUT2D eigenvalue weighted by molar-refractivity contribution is 0.474. The van der Waals surface area contributed by atoms with E-state index in [2.05, 4.69) is 85.8 Å². The van der Waals surface area contributed by atoms with Crippen molar-refractivity contribution in [2.75, 3.05) is 0 Å². The predicted octanol–water partition coefficient (Wildman–Crippen LogP) is 10.9. The van der Waals surface area contributed by atoms with Gasteiger partial charge in [-0.1, -0.05) is 125 Å². The smallest absolute Gasteiger partial charge is 0.124 e. The molecule has 0 bridgehead atoms. The highest BCUT2D eigenvalue weighted by Gasteiger charge is 2.22. The van der Waals surface area contributed by atoms with Crippen LogP contribution in [-0.2, 0) is 12.6 Å². The fraction of sp³-hybridized carbons (Fsp3) is 0.122. The van der Waals surface area contributed by atoms with Crippen molar-refractivity contribution in [2.24, 2.45) is 4.99 Å². The highest BCUT2D eigenvalue weighted by atomic mass is 32.2. The maximum atomic E-state index is 10.5. The molecule has 7 rings (SSSR count). The Kier molecular flexibility index (Phi) is 8.83. The zero-order valence-electron chi connectivity index (χ0n) is 25.8. The molecule has 0 fully saturated rings. The molecule has 1 aliphatic rings. The quantitative estimate of drug-likeness (QED) is 0.0757. The Morgan fingerprint density at radius 2 is 1.63 bits per heavy atom. The Morgan fingerprint density at radius 3 is 2.54 bits per heavy atom. The Morgan fingerprint density at radius 1 is 0.848 bits per heavy atom. The number of phenols is 1. The van der Waals surface area contributed by atoms with Crippen molar-refractivity contribution in [3.63, 3.8) is 0 Å². The van der Waals surface area contributed by atoms with Gasteiger partial charge in [0.1, 0.15) is 10.8 Å². The number of thioether (sulfide) groups is 1. The van der Waals surface area contributed by atoms with E-state index in [1.54, 1.807) is 12.3 Å². The number of hydrogen-bond donors (Lipinski definition) is 2. The summed E-state index contributed by atoms with van der Waals surface area (Å²) in [5.41, 5.74) is 9.60. The molecule has 2 N–H and O–H groups in total. The normalized spacial score (nSPS) is 12.8. The van der Waals surface area contributed by atoms with E-state index < -0.39 is 0 Å². The summed E-state index contributed by atoms with van der Waals surface area (Å²) >= 11 is 1.52. The summed E-state index contributed by atoms with van der Waals surface area (Å²) in [5, 5.41) is 24.2. The van der Waals surface area contributed by atoms with Crippen LogP contribution in [0, 0.1) is 5.41 Å². The number of phenolic OH excluding ortho intramolecular Hbond substituents is 1. The van der Waals surface area contributed by atoms with Gasteiger partial charge in [-0.2, -0.15) is 0 Å². The maximum Gasteiger partial charge on any atom is 0.124 e. The molecule has 1 atom stereocenters. The number of benzene rings is 6. The molecule has 0 spiro atoms. The van der Waals surface area contributed by atoms with Gasteiger partial charge >= 0.3 is 0 Å². The molecule has 5 heteroatoms. The molecule has 46 heavy (non-hydrogen) atoms. The molecule has 6 aromatic rings. The lowest BCUT2D eigenvalue weighted by atomic mass is 9.92. The summed E-state index contributed by atoms with van der Waals surface area (Å²) in [6.45, 7) is 2.18. The molecular weight excluding hydrogens is 600 g/mol. The highest BCUT2D eigenvalue weighted by molar-refractivity contribution is 8.14. The van der Waals surface area contributed by atoms with Crippen LogP contribution in [0.5, 0.6) is 5.75 Å². The SMILES string of the molecule is CCCCc1ccc(O)c(C=Nc2ccccc2C(=N)Sc2cc(-c3cccc4ccccc34)cc3c2CPc2ccccc2-3)c1. The van der Waals surface area contributed by atoms with Gasteiger partial charge in [-0.3, -0.25) is 10.4 Å². The fourth-order valence-electron chi connectivity index (χ4n) is 6.17. The highest BCUT2D eigenvalue weighted by Crippen LogP contribution is 2.45. The first-order valence-electron chi connectivity index (χ1n) is 15.8. The summed E-state index contributed by atoms with van der Waals surface area (Å²) < 4.78 is 0. The van der Waals surface area contributed by atoms with Crippen molar-refractivity contribution in [2.45, 2.75) is 37.2 Å². The standard InChI is InChI=1S/C41H35N2OPS/c1-2-3-11-27-20-21-38(44)30(22-27)25-43-37-18-8-6-16-34(37)41(42)46-40-24-29(32-17-10-13-28-12-4-5-14-31(28)32)23-35-33-15-7-9-19-39(33)45-26-36(35)40/h4-10,12-25,42,44-45H,2-3,11,26H2,1H3. The van der Waals surface area contributed by atoms with Crippen LogP contribution in [0.2, 0.25) is 0 Å². The van der Waals surface area contributed by atoms with Crippen molar-refractivity contribution in [3.8, 4) is 28.0 Å². The molecule has 1 unspecified atom stereocenters. The second-order valence-corrected chi connectivity index (χ2v) is 13.9. The van der Waals surface area contributed by atoms with Crippen molar-refractivity contribution >= 4 is 53.4 Å². The molecule has 0 saturated carbocycles. The van der Waals surface area contributed by atoms with Crippen LogP contribution >= 0.6 is 20.3 Å². The summed E-state index contributed by atoms with van der Waals surface area (Å²) in [6, 6.07) is 42.0. The third kappa shape index (κ3) is 6.16. The number of fused-ring (bicyclic) bond motifs is 4. The number of nitrogens with one attached hydrogen (secondary N) is 1. The van der Waals surface area contributed by atoms with Crippen LogP contribution in [0.4, 0.5) is 5.69 Å². The number of unbranched alkanes of at least 4 members (excludes halogenated alkanes) is 1. The van der Waals surface area contributed by atoms with Gasteiger partial charge in [0.2, 0.25) is 0 Å². The number of hydrogen-bond acceptors (Lipinski definition) is 4. The average Bonchev–Trinajstić information content (AvgIpc) is 3.10. The Hall–Kier alpha value is -4.50. The minimum absolute atomic E-state index is 0.212. The van der Waals surface area contributed by atoms with Crippen LogP contribution in [0.3, 0.4) is 0 Å². The largest absolute Gasteiger partial charge is 0.507 e. The van der Waals surface area contributed by atoms with E-state index >= 15 is 0 Å². The summed E-state index contributed by atoms with van der Waals surface area (Å²) in [5.74, 6) is 0.212. The van der Waals surface area contributed by atoms with Crippen LogP contribution in [0.1, 0.15) is 42.0 Å². The molecule has 226 valence electrons. The topological polar surface area (TPSA) is 56.4 Å². The molecule has 0 aromatic heterocycles. The maximum absolute atomic E-state index is 10.5. The van der Waals surface area contributed by atoms with E-state index in [4.69, 9.17) is 4.99 Å². The van der Waals surface area contributed by atoms with Gasteiger partial charge in [0.05, 0.1) is 5.69 Å². The predicted molar refractivity (Wildman–Crippen MR) is 200 cm³/mol. The van der Waals surface area contributed by atoms with Crippen molar-refractivity contribution in [1.82, 2.24) is 0 Å². The second-order valence-electron chi connectivity index (χ2n) is 11.6. The zero-order valence-corrected chi connectivity index (χ0v) is 27.6. The van der Waals surface area contributed by atoms with Gasteiger partial charge in [0, 0.05) is 22.2 Å². The fourth-order valence-corrected chi connectivity index (χ4v) is 8.67. The summed E-state index contributed by atoms with van der Waals surface area (Å²) in [7, 11) is 0.695. The number of para-hydroxylation sites is 1. The molecule has 0 amide bonds. The molecule has 3 nitrogen and oxygen atoms in total. The lowest BCUT2D eigenvalue weighted by Gasteiger charge is -2.24. The molecule has 6 aromatic carbocycles. The molecule has 0 radical (unpaired) electrons. The second kappa shape index (κ2) is 13.5. The lowest BCUT2D eigenvalue weighted by Crippen LogP contribution is -2.09. The Bertz CT molecular complexity index is 2110. The number of aromatic hydroxyl groups is 1. The van der Waals surface area contributed by atoms with Crippen molar-refractivity contribution < 1.29 is 5.11 Å². The third-order valence-electron chi connectivity index (χ3n) is 8.60. The molecular formula is C41H35N2OPS. The minimum atomic E-state index is 0.212.